The van der Waals surface area contributed by atoms with Crippen molar-refractivity contribution in [1.29, 1.82) is 0 Å². The van der Waals surface area contributed by atoms with Gasteiger partial charge in [0, 0.05) is 19.6 Å². The number of ether oxygens (including phenoxy) is 2. The third-order valence-corrected chi connectivity index (χ3v) is 4.22. The second-order valence-corrected chi connectivity index (χ2v) is 5.66. The van der Waals surface area contributed by atoms with Gasteiger partial charge < -0.3 is 14.4 Å². The molecule has 0 bridgehead atoms. The number of benzene rings is 1. The Morgan fingerprint density at radius 3 is 3.05 bits per heavy atom. The van der Waals surface area contributed by atoms with Crippen molar-refractivity contribution in [3.63, 3.8) is 0 Å². The van der Waals surface area contributed by atoms with Gasteiger partial charge in [-0.1, -0.05) is 12.1 Å². The van der Waals surface area contributed by atoms with Crippen molar-refractivity contribution in [2.75, 3.05) is 37.8 Å². The summed E-state index contributed by atoms with van der Waals surface area (Å²) in [6.07, 6.45) is 0.890. The van der Waals surface area contributed by atoms with Crippen molar-refractivity contribution in [3.05, 3.63) is 34.6 Å². The summed E-state index contributed by atoms with van der Waals surface area (Å²) in [5.41, 5.74) is 0.376. The van der Waals surface area contributed by atoms with E-state index in [1.165, 1.54) is 0 Å². The first kappa shape index (κ1) is 12.8. The Hall–Kier alpha value is -1.92. The number of rotatable bonds is 1. The molecule has 21 heavy (non-hydrogen) atoms. The first-order valence-electron chi connectivity index (χ1n) is 7.22. The van der Waals surface area contributed by atoms with Crippen LogP contribution in [0.2, 0.25) is 0 Å². The normalized spacial score (nSPS) is 25.8. The molecule has 1 atom stereocenters. The molecule has 0 radical (unpaired) electrons. The van der Waals surface area contributed by atoms with Crippen LogP contribution < -0.4 is 10.5 Å². The van der Waals surface area contributed by atoms with E-state index >= 15 is 0 Å². The number of aromatic amines is 1. The SMILES string of the molecule is O=c1[nH]c(N2CCOC3(CCOC3)C2)nc2ccccc12. The third-order valence-electron chi connectivity index (χ3n) is 4.22. The maximum absolute atomic E-state index is 12.2. The zero-order valence-electron chi connectivity index (χ0n) is 11.7. The number of H-pyrrole nitrogens is 1. The fourth-order valence-electron chi connectivity index (χ4n) is 3.08. The summed E-state index contributed by atoms with van der Waals surface area (Å²) < 4.78 is 11.4. The molecule has 0 saturated carbocycles. The fraction of sp³-hybridized carbons (Fsp3) is 0.467. The molecular formula is C15H17N3O3. The highest BCUT2D eigenvalue weighted by Crippen LogP contribution is 2.28. The average molecular weight is 287 g/mol. The van der Waals surface area contributed by atoms with Gasteiger partial charge in [0.15, 0.2) is 0 Å². The number of nitrogens with one attached hydrogen (secondary N) is 1. The van der Waals surface area contributed by atoms with Crippen LogP contribution in [0.25, 0.3) is 10.9 Å². The lowest BCUT2D eigenvalue weighted by Gasteiger charge is -2.39. The number of hydrogen-bond donors (Lipinski definition) is 1. The highest BCUT2D eigenvalue weighted by molar-refractivity contribution is 5.78. The van der Waals surface area contributed by atoms with Gasteiger partial charge in [-0.05, 0) is 12.1 Å². The number of aromatic nitrogens is 2. The lowest BCUT2D eigenvalue weighted by molar-refractivity contribution is -0.0583. The van der Waals surface area contributed by atoms with Crippen LogP contribution >= 0.6 is 0 Å². The van der Waals surface area contributed by atoms with Gasteiger partial charge >= 0.3 is 0 Å². The molecule has 0 aliphatic carbocycles. The van der Waals surface area contributed by atoms with Gasteiger partial charge in [0.25, 0.3) is 5.56 Å². The first-order valence-corrected chi connectivity index (χ1v) is 7.22. The van der Waals surface area contributed by atoms with E-state index in [2.05, 4.69) is 14.9 Å². The molecule has 2 saturated heterocycles. The van der Waals surface area contributed by atoms with E-state index in [1.54, 1.807) is 6.07 Å². The molecule has 6 nitrogen and oxygen atoms in total. The van der Waals surface area contributed by atoms with E-state index in [1.807, 2.05) is 18.2 Å². The zero-order chi connectivity index (χ0) is 14.3. The highest BCUT2D eigenvalue weighted by atomic mass is 16.6. The maximum atomic E-state index is 12.2. The van der Waals surface area contributed by atoms with Gasteiger partial charge in [0.05, 0.1) is 30.7 Å². The van der Waals surface area contributed by atoms with Crippen LogP contribution in [0, 0.1) is 0 Å². The van der Waals surface area contributed by atoms with Crippen LogP contribution in [-0.2, 0) is 9.47 Å². The molecule has 1 aromatic carbocycles. The van der Waals surface area contributed by atoms with Crippen molar-refractivity contribution in [3.8, 4) is 0 Å². The Balaban J connectivity index is 1.71. The van der Waals surface area contributed by atoms with Crippen LogP contribution in [0.4, 0.5) is 5.95 Å². The smallest absolute Gasteiger partial charge is 0.260 e. The Morgan fingerprint density at radius 1 is 1.29 bits per heavy atom. The molecule has 2 aromatic rings. The summed E-state index contributed by atoms with van der Waals surface area (Å²) in [4.78, 5) is 21.7. The monoisotopic (exact) mass is 287 g/mol. The van der Waals surface area contributed by atoms with Crippen LogP contribution in [-0.4, -0.2) is 48.5 Å². The van der Waals surface area contributed by atoms with E-state index < -0.39 is 0 Å². The van der Waals surface area contributed by atoms with Gasteiger partial charge in [-0.3, -0.25) is 9.78 Å². The zero-order valence-corrected chi connectivity index (χ0v) is 11.7. The van der Waals surface area contributed by atoms with Crippen LogP contribution in [0.5, 0.6) is 0 Å². The molecule has 3 heterocycles. The van der Waals surface area contributed by atoms with E-state index in [0.29, 0.717) is 31.1 Å². The summed E-state index contributed by atoms with van der Waals surface area (Å²) in [7, 11) is 0. The van der Waals surface area contributed by atoms with Crippen LogP contribution in [0.3, 0.4) is 0 Å². The van der Waals surface area contributed by atoms with E-state index in [4.69, 9.17) is 9.47 Å². The minimum atomic E-state index is -0.248. The van der Waals surface area contributed by atoms with Crippen molar-refractivity contribution < 1.29 is 9.47 Å². The summed E-state index contributed by atoms with van der Waals surface area (Å²) in [5.74, 6) is 0.619. The molecule has 1 unspecified atom stereocenters. The summed E-state index contributed by atoms with van der Waals surface area (Å²) >= 11 is 0. The van der Waals surface area contributed by atoms with Crippen molar-refractivity contribution >= 4 is 16.9 Å². The van der Waals surface area contributed by atoms with Gasteiger partial charge in [0.1, 0.15) is 5.60 Å². The van der Waals surface area contributed by atoms with E-state index in [0.717, 1.165) is 25.1 Å². The number of anilines is 1. The predicted molar refractivity (Wildman–Crippen MR) is 78.7 cm³/mol. The van der Waals surface area contributed by atoms with Crippen LogP contribution in [0.15, 0.2) is 29.1 Å². The summed E-state index contributed by atoms with van der Waals surface area (Å²) in [6, 6.07) is 7.39. The summed E-state index contributed by atoms with van der Waals surface area (Å²) in [5, 5.41) is 0.619. The molecule has 6 heteroatoms. The number of nitrogens with zero attached hydrogens (tertiary/aromatic N) is 2. The number of hydrogen-bond acceptors (Lipinski definition) is 5. The number of para-hydroxylation sites is 1. The Bertz CT molecular complexity index is 721. The van der Waals surface area contributed by atoms with Gasteiger partial charge in [-0.15, -0.1) is 0 Å². The third kappa shape index (κ3) is 2.20. The Labute approximate surface area is 121 Å². The van der Waals surface area contributed by atoms with Crippen molar-refractivity contribution in [1.82, 2.24) is 9.97 Å². The molecular weight excluding hydrogens is 270 g/mol. The molecule has 1 N–H and O–H groups in total. The minimum Gasteiger partial charge on any atom is -0.378 e. The molecule has 110 valence electrons. The molecule has 0 amide bonds. The second kappa shape index (κ2) is 4.82. The lowest BCUT2D eigenvalue weighted by Crippen LogP contribution is -2.53. The molecule has 1 spiro atoms. The van der Waals surface area contributed by atoms with Gasteiger partial charge in [-0.2, -0.15) is 0 Å². The van der Waals surface area contributed by atoms with E-state index in [-0.39, 0.29) is 11.2 Å². The number of fused-ring (bicyclic) bond motifs is 1. The fourth-order valence-corrected chi connectivity index (χ4v) is 3.08. The van der Waals surface area contributed by atoms with Crippen LogP contribution in [0.1, 0.15) is 6.42 Å². The topological polar surface area (TPSA) is 67.5 Å². The molecule has 2 aliphatic heterocycles. The average Bonchev–Trinajstić information content (AvgIpc) is 2.95. The molecule has 1 aromatic heterocycles. The Kier molecular flexibility index (Phi) is 2.94. The maximum Gasteiger partial charge on any atom is 0.260 e. The standard InChI is InChI=1S/C15H17N3O3/c19-13-11-3-1-2-4-12(11)16-14(17-13)18-6-8-21-15(9-18)5-7-20-10-15/h1-4H,5-10H2,(H,16,17,19). The highest BCUT2D eigenvalue weighted by Gasteiger charge is 2.41. The quantitative estimate of drug-likeness (QED) is 0.844. The Morgan fingerprint density at radius 2 is 2.19 bits per heavy atom. The minimum absolute atomic E-state index is 0.0983. The lowest BCUT2D eigenvalue weighted by atomic mass is 10.0. The number of morpholine rings is 1. The van der Waals surface area contributed by atoms with Crippen molar-refractivity contribution in [2.45, 2.75) is 12.0 Å². The van der Waals surface area contributed by atoms with Gasteiger partial charge in [-0.25, -0.2) is 4.98 Å². The summed E-state index contributed by atoms with van der Waals surface area (Å²) in [6.45, 7) is 3.40. The molecule has 4 rings (SSSR count). The van der Waals surface area contributed by atoms with Gasteiger partial charge in [0.2, 0.25) is 5.95 Å². The van der Waals surface area contributed by atoms with Crippen molar-refractivity contribution in [2.24, 2.45) is 0 Å². The first-order chi connectivity index (χ1) is 10.3. The molecule has 2 fully saturated rings. The van der Waals surface area contributed by atoms with E-state index in [9.17, 15) is 4.79 Å². The predicted octanol–water partition coefficient (Wildman–Crippen LogP) is 0.919. The molecule has 2 aliphatic rings. The largest absolute Gasteiger partial charge is 0.378 e. The second-order valence-electron chi connectivity index (χ2n) is 5.66.